The minimum absolute atomic E-state index is 0.353. The van der Waals surface area contributed by atoms with Gasteiger partial charge >= 0.3 is 0 Å². The van der Waals surface area contributed by atoms with E-state index < -0.39 is 36.9 Å². The second kappa shape index (κ2) is 54.2. The summed E-state index contributed by atoms with van der Waals surface area (Å²) < 4.78 is 0. The van der Waals surface area contributed by atoms with Crippen LogP contribution in [0.4, 0.5) is 0 Å². The Labute approximate surface area is 410 Å². The highest BCUT2D eigenvalue weighted by Gasteiger charge is 2.28. The van der Waals surface area contributed by atoms with Gasteiger partial charge < -0.3 is 25.7 Å². The summed E-state index contributed by atoms with van der Waals surface area (Å²) in [5, 5.41) is 44.0. The lowest BCUT2D eigenvalue weighted by Crippen LogP contribution is -2.53. The topological polar surface area (TPSA) is 110 Å². The van der Waals surface area contributed by atoms with E-state index in [0.29, 0.717) is 19.3 Å². The number of nitrogens with one attached hydrogen (secondary N) is 1. The fourth-order valence-electron chi connectivity index (χ4n) is 8.90. The van der Waals surface area contributed by atoms with Crippen LogP contribution in [0.3, 0.4) is 0 Å². The summed E-state index contributed by atoms with van der Waals surface area (Å²) in [6.45, 7) is 4.07. The summed E-state index contributed by atoms with van der Waals surface area (Å²) in [5.41, 5.74) is 0. The van der Waals surface area contributed by atoms with E-state index in [1.807, 2.05) is 0 Å². The van der Waals surface area contributed by atoms with Gasteiger partial charge in [-0.15, -0.1) is 0 Å². The lowest BCUT2D eigenvalue weighted by molar-refractivity contribution is -0.132. The first-order valence-corrected chi connectivity index (χ1v) is 29.0. The molecule has 0 aromatic carbocycles. The predicted octanol–water partition coefficient (Wildman–Crippen LogP) is 17.0. The summed E-state index contributed by atoms with van der Waals surface area (Å²) >= 11 is 0. The first-order valence-electron chi connectivity index (χ1n) is 29.0. The highest BCUT2D eigenvalue weighted by Crippen LogP contribution is 2.17. The van der Waals surface area contributed by atoms with Crippen molar-refractivity contribution in [2.24, 2.45) is 0 Å². The molecule has 6 nitrogen and oxygen atoms in total. The molecule has 0 aliphatic rings. The maximum Gasteiger partial charge on any atom is 0.249 e. The van der Waals surface area contributed by atoms with E-state index in [1.165, 1.54) is 212 Å². The van der Waals surface area contributed by atoms with Gasteiger partial charge in [-0.05, 0) is 89.9 Å². The third-order valence-corrected chi connectivity index (χ3v) is 13.5. The second-order valence-electron chi connectivity index (χ2n) is 20.0. The standard InChI is InChI=1S/C60H113NO5/c1-3-5-7-9-11-13-15-17-19-21-23-25-27-28-29-30-32-33-35-37-39-41-43-45-47-49-51-53-57(63)59(65)56(55-62)61-60(66)58(64)54-52-50-48-46-44-42-40-38-36-34-31-26-24-22-20-18-16-14-12-10-8-6-4-2/h30,32,34,36-37,39,45,47,56-59,62-65H,3-29,31,33,35,38,40-44,46,48-55H2,1-2H3,(H,61,66)/b32-30+,36-34-,39-37+,47-45+. The maximum atomic E-state index is 12.6. The average molecular weight is 929 g/mol. The average Bonchev–Trinajstić information content (AvgIpc) is 3.32. The first kappa shape index (κ1) is 64.3. The molecule has 5 N–H and O–H groups in total. The molecule has 0 saturated heterocycles. The van der Waals surface area contributed by atoms with Crippen molar-refractivity contribution in [1.82, 2.24) is 5.32 Å². The number of allylic oxidation sites excluding steroid dienone is 8. The van der Waals surface area contributed by atoms with Crippen molar-refractivity contribution in [1.29, 1.82) is 0 Å². The Morgan fingerprint density at radius 1 is 0.364 bits per heavy atom. The molecule has 0 aromatic rings. The molecule has 4 atom stereocenters. The molecule has 0 fully saturated rings. The van der Waals surface area contributed by atoms with Crippen LogP contribution in [0.2, 0.25) is 0 Å². The van der Waals surface area contributed by atoms with E-state index in [1.54, 1.807) is 0 Å². The largest absolute Gasteiger partial charge is 0.394 e. The van der Waals surface area contributed by atoms with Crippen LogP contribution in [0.5, 0.6) is 0 Å². The number of amides is 1. The van der Waals surface area contributed by atoms with E-state index >= 15 is 0 Å². The van der Waals surface area contributed by atoms with Crippen molar-refractivity contribution < 1.29 is 25.2 Å². The van der Waals surface area contributed by atoms with Crippen molar-refractivity contribution in [3.8, 4) is 0 Å². The third-order valence-electron chi connectivity index (χ3n) is 13.5. The Hall–Kier alpha value is -1.73. The summed E-state index contributed by atoms with van der Waals surface area (Å²) in [6.07, 6.45) is 69.0. The molecular weight excluding hydrogens is 815 g/mol. The van der Waals surface area contributed by atoms with Crippen LogP contribution in [-0.2, 0) is 4.79 Å². The maximum absolute atomic E-state index is 12.6. The van der Waals surface area contributed by atoms with Gasteiger partial charge in [-0.3, -0.25) is 4.79 Å². The van der Waals surface area contributed by atoms with Crippen LogP contribution in [0, 0.1) is 0 Å². The minimum atomic E-state index is -1.30. The number of carbonyl (C=O) groups excluding carboxylic acids is 1. The van der Waals surface area contributed by atoms with Crippen LogP contribution in [0.25, 0.3) is 0 Å². The number of rotatable bonds is 53. The Morgan fingerprint density at radius 3 is 0.955 bits per heavy atom. The zero-order valence-corrected chi connectivity index (χ0v) is 43.9. The van der Waals surface area contributed by atoms with E-state index in [9.17, 15) is 25.2 Å². The SMILES string of the molecule is CCCCCCCCCCCCCC/C=C\CCCCCCCCCC(O)C(=O)NC(CO)C(O)C(O)CCC/C=C/CC/C=C/CC/C=C/CCCCCCCCCCCCCCCC. The molecule has 0 rings (SSSR count). The van der Waals surface area contributed by atoms with Crippen LogP contribution >= 0.6 is 0 Å². The molecule has 0 spiro atoms. The van der Waals surface area contributed by atoms with E-state index in [-0.39, 0.29) is 0 Å². The third kappa shape index (κ3) is 47.3. The molecule has 0 aromatic heterocycles. The van der Waals surface area contributed by atoms with Crippen LogP contribution < -0.4 is 5.32 Å². The molecule has 66 heavy (non-hydrogen) atoms. The predicted molar refractivity (Wildman–Crippen MR) is 288 cm³/mol. The van der Waals surface area contributed by atoms with Crippen LogP contribution in [0.1, 0.15) is 296 Å². The van der Waals surface area contributed by atoms with Gasteiger partial charge in [0.05, 0.1) is 18.8 Å². The van der Waals surface area contributed by atoms with Gasteiger partial charge in [0.25, 0.3) is 0 Å². The smallest absolute Gasteiger partial charge is 0.249 e. The Bertz CT molecular complexity index is 1090. The Kier molecular flexibility index (Phi) is 52.8. The molecule has 388 valence electrons. The van der Waals surface area contributed by atoms with Gasteiger partial charge in [-0.1, -0.05) is 255 Å². The number of aliphatic hydroxyl groups excluding tert-OH is 4. The van der Waals surface area contributed by atoms with Gasteiger partial charge in [-0.2, -0.15) is 0 Å². The van der Waals surface area contributed by atoms with E-state index in [0.717, 1.165) is 51.4 Å². The molecule has 0 aliphatic heterocycles. The number of hydrogen-bond donors (Lipinski definition) is 5. The zero-order valence-electron chi connectivity index (χ0n) is 43.9. The van der Waals surface area contributed by atoms with E-state index in [4.69, 9.17) is 0 Å². The molecule has 0 radical (unpaired) electrons. The van der Waals surface area contributed by atoms with Crippen molar-refractivity contribution in [2.75, 3.05) is 6.61 Å². The minimum Gasteiger partial charge on any atom is -0.394 e. The first-order chi connectivity index (χ1) is 32.5. The summed E-state index contributed by atoms with van der Waals surface area (Å²) in [4.78, 5) is 12.6. The van der Waals surface area contributed by atoms with Gasteiger partial charge in [0, 0.05) is 0 Å². The molecule has 0 heterocycles. The fraction of sp³-hybridized carbons (Fsp3) is 0.850. The fourth-order valence-corrected chi connectivity index (χ4v) is 8.90. The molecule has 0 aliphatic carbocycles. The van der Waals surface area contributed by atoms with Crippen molar-refractivity contribution >= 4 is 5.91 Å². The Morgan fingerprint density at radius 2 is 0.636 bits per heavy atom. The summed E-state index contributed by atoms with van der Waals surface area (Å²) in [6, 6.07) is -1.02. The number of hydrogen-bond acceptors (Lipinski definition) is 5. The number of unbranched alkanes of at least 4 members (excludes halogenated alkanes) is 36. The molecule has 4 unspecified atom stereocenters. The van der Waals surface area contributed by atoms with Gasteiger partial charge in [0.1, 0.15) is 12.2 Å². The molecule has 6 heteroatoms. The zero-order chi connectivity index (χ0) is 48.1. The van der Waals surface area contributed by atoms with Gasteiger partial charge in [0.2, 0.25) is 5.91 Å². The molecule has 1 amide bonds. The number of carbonyl (C=O) groups is 1. The normalized spacial score (nSPS) is 14.1. The van der Waals surface area contributed by atoms with Crippen molar-refractivity contribution in [3.05, 3.63) is 48.6 Å². The van der Waals surface area contributed by atoms with Gasteiger partial charge in [0.15, 0.2) is 0 Å². The second-order valence-corrected chi connectivity index (χ2v) is 20.0. The highest BCUT2D eigenvalue weighted by molar-refractivity contribution is 5.80. The lowest BCUT2D eigenvalue weighted by atomic mass is 10.00. The highest BCUT2D eigenvalue weighted by atomic mass is 16.3. The van der Waals surface area contributed by atoms with Gasteiger partial charge in [-0.25, -0.2) is 0 Å². The monoisotopic (exact) mass is 928 g/mol. The Balaban J connectivity index is 3.72. The molecular formula is C60H113NO5. The van der Waals surface area contributed by atoms with Crippen molar-refractivity contribution in [2.45, 2.75) is 321 Å². The van der Waals surface area contributed by atoms with E-state index in [2.05, 4.69) is 67.8 Å². The molecule has 0 saturated carbocycles. The van der Waals surface area contributed by atoms with Crippen LogP contribution in [-0.4, -0.2) is 57.3 Å². The summed E-state index contributed by atoms with van der Waals surface area (Å²) in [5.74, 6) is -0.601. The van der Waals surface area contributed by atoms with Crippen LogP contribution in [0.15, 0.2) is 48.6 Å². The lowest BCUT2D eigenvalue weighted by Gasteiger charge is -2.27. The quantitative estimate of drug-likeness (QED) is 0.0308. The number of aliphatic hydroxyl groups is 4. The summed E-state index contributed by atoms with van der Waals surface area (Å²) in [7, 11) is 0. The van der Waals surface area contributed by atoms with Crippen molar-refractivity contribution in [3.63, 3.8) is 0 Å². The molecule has 0 bridgehead atoms.